The molecular formula is C26H26N2O3. The molecule has 0 amide bonds. The van der Waals surface area contributed by atoms with E-state index in [2.05, 4.69) is 29.2 Å². The maximum Gasteiger partial charge on any atom is 0.308 e. The van der Waals surface area contributed by atoms with E-state index < -0.39 is 0 Å². The topological polar surface area (TPSA) is 60.8 Å². The summed E-state index contributed by atoms with van der Waals surface area (Å²) in [6.45, 7) is 0. The quantitative estimate of drug-likeness (QED) is 0.402. The molecular weight excluding hydrogens is 388 g/mol. The highest BCUT2D eigenvalue weighted by Gasteiger charge is 2.28. The van der Waals surface area contributed by atoms with Crippen LogP contribution in [0.15, 0.2) is 84.0 Å². The average molecular weight is 415 g/mol. The Morgan fingerprint density at radius 2 is 1.48 bits per heavy atom. The number of hydrogen-bond acceptors (Lipinski definition) is 5. The first-order valence-corrected chi connectivity index (χ1v) is 10.6. The Labute approximate surface area is 182 Å². The Balaban J connectivity index is 1.47. The molecule has 0 radical (unpaired) electrons. The summed E-state index contributed by atoms with van der Waals surface area (Å²) in [5.74, 6) is 0.455. The molecule has 158 valence electrons. The fourth-order valence-corrected chi connectivity index (χ4v) is 3.88. The van der Waals surface area contributed by atoms with Gasteiger partial charge in [0.15, 0.2) is 0 Å². The minimum Gasteiger partial charge on any atom is -0.474 e. The number of aromatic nitrogens is 1. The molecule has 5 nitrogen and oxygen atoms in total. The van der Waals surface area contributed by atoms with Crippen molar-refractivity contribution in [1.29, 1.82) is 0 Å². The second-order valence-electron chi connectivity index (χ2n) is 7.66. The smallest absolute Gasteiger partial charge is 0.308 e. The van der Waals surface area contributed by atoms with Crippen LogP contribution in [0.2, 0.25) is 0 Å². The van der Waals surface area contributed by atoms with Crippen LogP contribution < -0.4 is 4.74 Å². The number of carbonyl (C=O) groups excluding carboxylic acids is 1. The maximum absolute atomic E-state index is 11.7. The predicted molar refractivity (Wildman–Crippen MR) is 121 cm³/mol. The molecule has 1 aliphatic carbocycles. The summed E-state index contributed by atoms with van der Waals surface area (Å²) in [5, 5.41) is 0. The Morgan fingerprint density at radius 3 is 2.00 bits per heavy atom. The van der Waals surface area contributed by atoms with E-state index in [-0.39, 0.29) is 18.0 Å². The minimum absolute atomic E-state index is 0.0103. The van der Waals surface area contributed by atoms with Crippen LogP contribution in [-0.4, -0.2) is 29.9 Å². The molecule has 1 aliphatic rings. The molecule has 3 aromatic rings. The molecule has 0 saturated heterocycles. The molecule has 0 atom stereocenters. The standard InChI is InChI=1S/C26H26N2O3/c1-30-26(29)21-12-15-23(16-13-21)31-24-17-14-22(18-27-24)28-25(19-8-4-2-5-9-19)20-10-6-3-7-11-20/h2-11,14,17-18,21,23H,12-13,15-16H2,1H3/t21-,23+. The van der Waals surface area contributed by atoms with Gasteiger partial charge >= 0.3 is 5.97 Å². The van der Waals surface area contributed by atoms with E-state index in [0.29, 0.717) is 5.88 Å². The molecule has 0 unspecified atom stereocenters. The van der Waals surface area contributed by atoms with Crippen LogP contribution in [0.5, 0.6) is 5.88 Å². The van der Waals surface area contributed by atoms with E-state index in [9.17, 15) is 4.79 Å². The van der Waals surface area contributed by atoms with Crippen LogP contribution in [0.4, 0.5) is 5.69 Å². The summed E-state index contributed by atoms with van der Waals surface area (Å²) in [5.41, 5.74) is 3.77. The van der Waals surface area contributed by atoms with Crippen LogP contribution in [0, 0.1) is 5.92 Å². The second-order valence-corrected chi connectivity index (χ2v) is 7.66. The first-order chi connectivity index (χ1) is 15.2. The highest BCUT2D eigenvalue weighted by Crippen LogP contribution is 2.28. The predicted octanol–water partition coefficient (Wildman–Crippen LogP) is 5.36. The van der Waals surface area contributed by atoms with Crippen molar-refractivity contribution in [3.63, 3.8) is 0 Å². The molecule has 31 heavy (non-hydrogen) atoms. The summed E-state index contributed by atoms with van der Waals surface area (Å²) in [6, 6.07) is 24.1. The molecule has 2 aromatic carbocycles. The van der Waals surface area contributed by atoms with Crippen LogP contribution in [0.3, 0.4) is 0 Å². The van der Waals surface area contributed by atoms with Crippen LogP contribution >= 0.6 is 0 Å². The number of hydrogen-bond donors (Lipinski definition) is 0. The van der Waals surface area contributed by atoms with Crippen molar-refractivity contribution in [2.75, 3.05) is 7.11 Å². The Kier molecular flexibility index (Phi) is 6.72. The van der Waals surface area contributed by atoms with E-state index in [0.717, 1.165) is 48.2 Å². The monoisotopic (exact) mass is 414 g/mol. The van der Waals surface area contributed by atoms with Gasteiger partial charge in [-0.15, -0.1) is 0 Å². The number of rotatable bonds is 6. The molecule has 5 heteroatoms. The van der Waals surface area contributed by atoms with Crippen molar-refractivity contribution < 1.29 is 14.3 Å². The molecule has 1 aromatic heterocycles. The van der Waals surface area contributed by atoms with Crippen LogP contribution in [0.25, 0.3) is 0 Å². The van der Waals surface area contributed by atoms with Gasteiger partial charge in [-0.25, -0.2) is 9.98 Å². The zero-order valence-electron chi connectivity index (χ0n) is 17.6. The third-order valence-electron chi connectivity index (χ3n) is 5.55. The highest BCUT2D eigenvalue weighted by molar-refractivity contribution is 6.13. The van der Waals surface area contributed by atoms with E-state index in [1.165, 1.54) is 7.11 Å². The van der Waals surface area contributed by atoms with Gasteiger partial charge in [-0.05, 0) is 31.7 Å². The van der Waals surface area contributed by atoms with Crippen LogP contribution in [0.1, 0.15) is 36.8 Å². The average Bonchev–Trinajstić information content (AvgIpc) is 2.84. The molecule has 4 rings (SSSR count). The zero-order valence-corrected chi connectivity index (χ0v) is 17.6. The number of ether oxygens (including phenoxy) is 2. The Morgan fingerprint density at radius 1 is 0.871 bits per heavy atom. The number of benzene rings is 2. The highest BCUT2D eigenvalue weighted by atomic mass is 16.5. The Bertz CT molecular complexity index is 968. The van der Waals surface area contributed by atoms with Gasteiger partial charge in [-0.1, -0.05) is 60.7 Å². The van der Waals surface area contributed by atoms with Crippen molar-refractivity contribution in [1.82, 2.24) is 4.98 Å². The van der Waals surface area contributed by atoms with Crippen molar-refractivity contribution in [3.8, 4) is 5.88 Å². The lowest BCUT2D eigenvalue weighted by Gasteiger charge is -2.27. The fraction of sp³-hybridized carbons (Fsp3) is 0.269. The van der Waals surface area contributed by atoms with Gasteiger partial charge in [-0.2, -0.15) is 0 Å². The van der Waals surface area contributed by atoms with Crippen molar-refractivity contribution in [2.45, 2.75) is 31.8 Å². The van der Waals surface area contributed by atoms with Crippen LogP contribution in [-0.2, 0) is 9.53 Å². The number of pyridine rings is 1. The normalized spacial score (nSPS) is 18.1. The molecule has 0 N–H and O–H groups in total. The van der Waals surface area contributed by atoms with Gasteiger partial charge in [0.25, 0.3) is 0 Å². The first kappa shape index (κ1) is 20.8. The van der Waals surface area contributed by atoms with E-state index in [1.54, 1.807) is 6.20 Å². The van der Waals surface area contributed by atoms with E-state index in [4.69, 9.17) is 14.5 Å². The zero-order chi connectivity index (χ0) is 21.5. The van der Waals surface area contributed by atoms with Gasteiger partial charge in [0.05, 0.1) is 30.6 Å². The number of nitrogens with zero attached hydrogens (tertiary/aromatic N) is 2. The van der Waals surface area contributed by atoms with Gasteiger partial charge in [0, 0.05) is 17.2 Å². The third-order valence-corrected chi connectivity index (χ3v) is 5.55. The lowest BCUT2D eigenvalue weighted by molar-refractivity contribution is -0.147. The number of carbonyl (C=O) groups is 1. The fourth-order valence-electron chi connectivity index (χ4n) is 3.88. The molecule has 1 heterocycles. The molecule has 1 fully saturated rings. The summed E-state index contributed by atoms with van der Waals surface area (Å²) in [6.07, 6.45) is 5.04. The molecule has 0 aliphatic heterocycles. The Hall–Kier alpha value is -3.47. The lowest BCUT2D eigenvalue weighted by Crippen LogP contribution is -2.28. The van der Waals surface area contributed by atoms with E-state index in [1.807, 2.05) is 48.5 Å². The number of esters is 1. The summed E-state index contributed by atoms with van der Waals surface area (Å²) in [7, 11) is 1.44. The molecule has 0 bridgehead atoms. The van der Waals surface area contributed by atoms with Crippen molar-refractivity contribution >= 4 is 17.4 Å². The largest absolute Gasteiger partial charge is 0.474 e. The van der Waals surface area contributed by atoms with Gasteiger partial charge in [0.1, 0.15) is 6.10 Å². The maximum atomic E-state index is 11.7. The van der Waals surface area contributed by atoms with Crippen molar-refractivity contribution in [2.24, 2.45) is 10.9 Å². The minimum atomic E-state index is -0.119. The van der Waals surface area contributed by atoms with Gasteiger partial charge in [0.2, 0.25) is 5.88 Å². The summed E-state index contributed by atoms with van der Waals surface area (Å²) >= 11 is 0. The van der Waals surface area contributed by atoms with Crippen molar-refractivity contribution in [3.05, 3.63) is 90.1 Å². The molecule has 1 saturated carbocycles. The lowest BCUT2D eigenvalue weighted by atomic mass is 9.87. The van der Waals surface area contributed by atoms with E-state index >= 15 is 0 Å². The first-order valence-electron chi connectivity index (χ1n) is 10.6. The summed E-state index contributed by atoms with van der Waals surface area (Å²) in [4.78, 5) is 21.0. The SMILES string of the molecule is COC(=O)[C@H]1CC[C@@H](Oc2ccc(N=C(c3ccccc3)c3ccccc3)cn2)CC1. The summed E-state index contributed by atoms with van der Waals surface area (Å²) < 4.78 is 10.9. The number of aliphatic imine (C=N–C) groups is 1. The van der Waals surface area contributed by atoms with Gasteiger partial charge < -0.3 is 9.47 Å². The number of methoxy groups -OCH3 is 1. The second kappa shape index (κ2) is 10.0. The third kappa shape index (κ3) is 5.37. The molecule has 0 spiro atoms. The van der Waals surface area contributed by atoms with Gasteiger partial charge in [-0.3, -0.25) is 4.79 Å².